The predicted octanol–water partition coefficient (Wildman–Crippen LogP) is 3.11. The molecular formula is C13H12O2S. The second kappa shape index (κ2) is 3.61. The Morgan fingerprint density at radius 3 is 3.06 bits per heavy atom. The van der Waals surface area contributed by atoms with E-state index in [-0.39, 0.29) is 6.61 Å². The SMILES string of the molecule is Cc1ccc2c(c1)-c1sc(CO)cc1CO2. The van der Waals surface area contributed by atoms with Gasteiger partial charge in [-0.15, -0.1) is 11.3 Å². The largest absolute Gasteiger partial charge is 0.488 e. The highest BCUT2D eigenvalue weighted by molar-refractivity contribution is 7.15. The van der Waals surface area contributed by atoms with E-state index in [1.807, 2.05) is 12.1 Å². The number of aryl methyl sites for hydroxylation is 1. The molecule has 3 heteroatoms. The second-order valence-corrected chi connectivity index (χ2v) is 5.15. The number of aliphatic hydroxyl groups excluding tert-OH is 1. The van der Waals surface area contributed by atoms with Gasteiger partial charge >= 0.3 is 0 Å². The molecule has 1 aliphatic rings. The van der Waals surface area contributed by atoms with Gasteiger partial charge in [0.05, 0.1) is 6.61 Å². The van der Waals surface area contributed by atoms with Crippen molar-refractivity contribution >= 4 is 11.3 Å². The Morgan fingerprint density at radius 1 is 1.38 bits per heavy atom. The Kier molecular flexibility index (Phi) is 2.23. The molecule has 0 radical (unpaired) electrons. The van der Waals surface area contributed by atoms with Crippen LogP contribution in [0.25, 0.3) is 10.4 Å². The van der Waals surface area contributed by atoms with Crippen LogP contribution in [0.1, 0.15) is 16.0 Å². The minimum Gasteiger partial charge on any atom is -0.488 e. The first kappa shape index (κ1) is 9.87. The molecule has 1 aromatic carbocycles. The van der Waals surface area contributed by atoms with Crippen LogP contribution in [0.4, 0.5) is 0 Å². The van der Waals surface area contributed by atoms with Crippen molar-refractivity contribution in [2.75, 3.05) is 0 Å². The molecule has 0 amide bonds. The summed E-state index contributed by atoms with van der Waals surface area (Å²) >= 11 is 1.66. The molecule has 0 atom stereocenters. The average Bonchev–Trinajstić information content (AvgIpc) is 2.72. The van der Waals surface area contributed by atoms with Crippen LogP contribution < -0.4 is 4.74 Å². The number of hydrogen-bond acceptors (Lipinski definition) is 3. The van der Waals surface area contributed by atoms with Crippen LogP contribution in [0.5, 0.6) is 5.75 Å². The molecule has 1 aromatic heterocycles. The zero-order valence-electron chi connectivity index (χ0n) is 8.99. The molecule has 16 heavy (non-hydrogen) atoms. The van der Waals surface area contributed by atoms with Gasteiger partial charge in [0.25, 0.3) is 0 Å². The molecule has 2 heterocycles. The van der Waals surface area contributed by atoms with Gasteiger partial charge in [0, 0.05) is 20.9 Å². The van der Waals surface area contributed by atoms with E-state index in [9.17, 15) is 0 Å². The minimum absolute atomic E-state index is 0.110. The van der Waals surface area contributed by atoms with Gasteiger partial charge in [0.15, 0.2) is 0 Å². The van der Waals surface area contributed by atoms with E-state index in [2.05, 4.69) is 19.1 Å². The Hall–Kier alpha value is -1.32. The lowest BCUT2D eigenvalue weighted by atomic mass is 10.0. The molecule has 0 bridgehead atoms. The maximum atomic E-state index is 9.16. The van der Waals surface area contributed by atoms with Gasteiger partial charge in [-0.1, -0.05) is 11.6 Å². The van der Waals surface area contributed by atoms with E-state index in [1.54, 1.807) is 11.3 Å². The Balaban J connectivity index is 2.20. The molecule has 0 fully saturated rings. The molecule has 2 nitrogen and oxygen atoms in total. The molecule has 0 spiro atoms. The number of ether oxygens (including phenoxy) is 1. The molecule has 0 aliphatic carbocycles. The first-order valence-corrected chi connectivity index (χ1v) is 6.06. The molecule has 82 valence electrons. The summed E-state index contributed by atoms with van der Waals surface area (Å²) in [6.07, 6.45) is 0. The van der Waals surface area contributed by atoms with E-state index in [4.69, 9.17) is 9.84 Å². The average molecular weight is 232 g/mol. The lowest BCUT2D eigenvalue weighted by Gasteiger charge is -2.17. The summed E-state index contributed by atoms with van der Waals surface area (Å²) in [5.41, 5.74) is 3.58. The Morgan fingerprint density at radius 2 is 2.25 bits per heavy atom. The van der Waals surface area contributed by atoms with Crippen molar-refractivity contribution in [3.05, 3.63) is 40.3 Å². The molecule has 2 aromatic rings. The third-order valence-corrected chi connectivity index (χ3v) is 3.97. The number of rotatable bonds is 1. The van der Waals surface area contributed by atoms with Crippen molar-refractivity contribution in [2.24, 2.45) is 0 Å². The maximum absolute atomic E-state index is 9.16. The van der Waals surface area contributed by atoms with Crippen LogP contribution in [0.15, 0.2) is 24.3 Å². The van der Waals surface area contributed by atoms with Crippen molar-refractivity contribution in [2.45, 2.75) is 20.1 Å². The summed E-state index contributed by atoms with van der Waals surface area (Å²) in [7, 11) is 0. The van der Waals surface area contributed by atoms with E-state index in [0.717, 1.165) is 16.2 Å². The van der Waals surface area contributed by atoms with Crippen LogP contribution >= 0.6 is 11.3 Å². The van der Waals surface area contributed by atoms with Crippen molar-refractivity contribution < 1.29 is 9.84 Å². The molecule has 0 unspecified atom stereocenters. The fourth-order valence-electron chi connectivity index (χ4n) is 2.00. The molecule has 1 aliphatic heterocycles. The number of hydrogen-bond donors (Lipinski definition) is 1. The highest BCUT2D eigenvalue weighted by Crippen LogP contribution is 2.42. The van der Waals surface area contributed by atoms with Crippen LogP contribution in [0, 0.1) is 6.92 Å². The van der Waals surface area contributed by atoms with Gasteiger partial charge in [-0.2, -0.15) is 0 Å². The van der Waals surface area contributed by atoms with Crippen LogP contribution in [-0.2, 0) is 13.2 Å². The van der Waals surface area contributed by atoms with Gasteiger partial charge in [-0.3, -0.25) is 0 Å². The van der Waals surface area contributed by atoms with Gasteiger partial charge in [-0.05, 0) is 25.1 Å². The number of thiophene rings is 1. The number of fused-ring (bicyclic) bond motifs is 3. The van der Waals surface area contributed by atoms with Gasteiger partial charge in [0.1, 0.15) is 12.4 Å². The summed E-state index contributed by atoms with van der Waals surface area (Å²) in [6.45, 7) is 2.80. The molecule has 0 saturated heterocycles. The summed E-state index contributed by atoms with van der Waals surface area (Å²) in [6, 6.07) is 8.26. The Bertz CT molecular complexity index is 543. The van der Waals surface area contributed by atoms with Crippen molar-refractivity contribution in [1.29, 1.82) is 0 Å². The summed E-state index contributed by atoms with van der Waals surface area (Å²) < 4.78 is 5.69. The first-order chi connectivity index (χ1) is 7.78. The highest BCUT2D eigenvalue weighted by Gasteiger charge is 2.20. The zero-order chi connectivity index (χ0) is 11.1. The highest BCUT2D eigenvalue weighted by atomic mass is 32.1. The van der Waals surface area contributed by atoms with E-state index in [0.29, 0.717) is 6.61 Å². The summed E-state index contributed by atoms with van der Waals surface area (Å²) in [5, 5.41) is 9.16. The fourth-order valence-corrected chi connectivity index (χ4v) is 3.05. The van der Waals surface area contributed by atoms with Gasteiger partial charge in [-0.25, -0.2) is 0 Å². The number of aliphatic hydroxyl groups is 1. The summed E-state index contributed by atoms with van der Waals surface area (Å²) in [4.78, 5) is 2.25. The maximum Gasteiger partial charge on any atom is 0.128 e. The number of benzene rings is 1. The minimum atomic E-state index is 0.110. The standard InChI is InChI=1S/C13H12O2S/c1-8-2-3-12-11(4-8)13-9(7-15-12)5-10(6-14)16-13/h2-5,14H,6-7H2,1H3. The van der Waals surface area contributed by atoms with Gasteiger partial charge in [0.2, 0.25) is 0 Å². The van der Waals surface area contributed by atoms with Crippen molar-refractivity contribution in [1.82, 2.24) is 0 Å². The molecule has 1 N–H and O–H groups in total. The smallest absolute Gasteiger partial charge is 0.128 e. The third kappa shape index (κ3) is 1.44. The van der Waals surface area contributed by atoms with Crippen LogP contribution in [0.3, 0.4) is 0 Å². The van der Waals surface area contributed by atoms with Crippen molar-refractivity contribution in [3.63, 3.8) is 0 Å². The van der Waals surface area contributed by atoms with Crippen LogP contribution in [0.2, 0.25) is 0 Å². The lowest BCUT2D eigenvalue weighted by molar-refractivity contribution is 0.284. The van der Waals surface area contributed by atoms with E-state index >= 15 is 0 Å². The topological polar surface area (TPSA) is 29.5 Å². The second-order valence-electron chi connectivity index (χ2n) is 4.01. The first-order valence-electron chi connectivity index (χ1n) is 5.24. The quantitative estimate of drug-likeness (QED) is 0.818. The Labute approximate surface area is 98.1 Å². The lowest BCUT2D eigenvalue weighted by Crippen LogP contribution is -2.02. The van der Waals surface area contributed by atoms with E-state index < -0.39 is 0 Å². The summed E-state index contributed by atoms with van der Waals surface area (Å²) in [5.74, 6) is 0.949. The van der Waals surface area contributed by atoms with Gasteiger partial charge < -0.3 is 9.84 Å². The molecule has 0 saturated carbocycles. The molecule has 3 rings (SSSR count). The predicted molar refractivity (Wildman–Crippen MR) is 64.7 cm³/mol. The zero-order valence-corrected chi connectivity index (χ0v) is 9.80. The third-order valence-electron chi connectivity index (χ3n) is 2.78. The van der Waals surface area contributed by atoms with Crippen LogP contribution in [-0.4, -0.2) is 5.11 Å². The monoisotopic (exact) mass is 232 g/mol. The van der Waals surface area contributed by atoms with Crippen molar-refractivity contribution in [3.8, 4) is 16.2 Å². The van der Waals surface area contributed by atoms with E-state index in [1.165, 1.54) is 16.0 Å². The fraction of sp³-hybridized carbons (Fsp3) is 0.231. The molecular weight excluding hydrogens is 220 g/mol. The normalized spacial score (nSPS) is 12.9.